The molecule has 19 heavy (non-hydrogen) atoms. The summed E-state index contributed by atoms with van der Waals surface area (Å²) in [5, 5.41) is 2.77. The number of hydrogen-bond donors (Lipinski definition) is 0. The minimum absolute atomic E-state index is 0.233. The van der Waals surface area contributed by atoms with Gasteiger partial charge in [0.1, 0.15) is 11.5 Å². The summed E-state index contributed by atoms with van der Waals surface area (Å²) in [5.41, 5.74) is 0. The first-order valence-electron chi connectivity index (χ1n) is 6.48. The van der Waals surface area contributed by atoms with Crippen molar-refractivity contribution in [3.8, 4) is 5.75 Å². The molecule has 0 unspecified atom stereocenters. The fraction of sp³-hybridized carbons (Fsp3) is 0.312. The maximum Gasteiger partial charge on any atom is 0.129 e. The van der Waals surface area contributed by atoms with Crippen molar-refractivity contribution in [1.82, 2.24) is 0 Å². The van der Waals surface area contributed by atoms with Crippen LogP contribution in [0.3, 0.4) is 0 Å². The third-order valence-electron chi connectivity index (χ3n) is 3.01. The van der Waals surface area contributed by atoms with Gasteiger partial charge in [-0.3, -0.25) is 0 Å². The monoisotopic (exact) mass is 276 g/mol. The highest BCUT2D eigenvalue weighted by atomic mass is 35.5. The fourth-order valence-corrected chi connectivity index (χ4v) is 2.25. The first-order chi connectivity index (χ1) is 9.18. The molecule has 0 bridgehead atoms. The van der Waals surface area contributed by atoms with Crippen molar-refractivity contribution in [1.29, 1.82) is 0 Å². The van der Waals surface area contributed by atoms with Gasteiger partial charge in [0.2, 0.25) is 0 Å². The standard InChI is InChI=1S/C16H17ClO2/c1-12(18)6-4-5-11-19-16-10-9-15(17)13-7-2-3-8-14(13)16/h2-3,7-10H,4-6,11H2,1H3. The van der Waals surface area contributed by atoms with Crippen LogP contribution in [0.15, 0.2) is 36.4 Å². The number of ether oxygens (including phenoxy) is 1. The summed E-state index contributed by atoms with van der Waals surface area (Å²) in [4.78, 5) is 10.8. The predicted molar refractivity (Wildman–Crippen MR) is 79.0 cm³/mol. The molecule has 0 amide bonds. The van der Waals surface area contributed by atoms with Crippen molar-refractivity contribution in [2.75, 3.05) is 6.61 Å². The molecule has 2 nitrogen and oxygen atoms in total. The Morgan fingerprint density at radius 1 is 1.11 bits per heavy atom. The van der Waals surface area contributed by atoms with Crippen LogP contribution in [0.25, 0.3) is 10.8 Å². The Labute approximate surface area is 118 Å². The number of Topliss-reactive ketones (excluding diaryl/α,β-unsaturated/α-hetero) is 1. The highest BCUT2D eigenvalue weighted by Crippen LogP contribution is 2.31. The van der Waals surface area contributed by atoms with Gasteiger partial charge in [-0.2, -0.15) is 0 Å². The second-order valence-electron chi connectivity index (χ2n) is 4.60. The zero-order valence-corrected chi connectivity index (χ0v) is 11.7. The average Bonchev–Trinajstić information content (AvgIpc) is 2.41. The molecule has 0 radical (unpaired) electrons. The number of halogens is 1. The molecule has 2 aromatic rings. The Kier molecular flexibility index (Phi) is 4.80. The highest BCUT2D eigenvalue weighted by Gasteiger charge is 2.05. The maximum atomic E-state index is 10.8. The van der Waals surface area contributed by atoms with Crippen molar-refractivity contribution in [2.45, 2.75) is 26.2 Å². The van der Waals surface area contributed by atoms with Crippen LogP contribution in [0.1, 0.15) is 26.2 Å². The maximum absolute atomic E-state index is 10.8. The van der Waals surface area contributed by atoms with E-state index in [1.807, 2.05) is 36.4 Å². The van der Waals surface area contributed by atoms with Crippen molar-refractivity contribution >= 4 is 28.2 Å². The third kappa shape index (κ3) is 3.71. The van der Waals surface area contributed by atoms with Crippen LogP contribution >= 0.6 is 11.6 Å². The summed E-state index contributed by atoms with van der Waals surface area (Å²) in [5.74, 6) is 1.08. The summed E-state index contributed by atoms with van der Waals surface area (Å²) in [6, 6.07) is 11.7. The van der Waals surface area contributed by atoms with E-state index in [-0.39, 0.29) is 5.78 Å². The van der Waals surface area contributed by atoms with Gasteiger partial charge in [0, 0.05) is 22.2 Å². The zero-order chi connectivity index (χ0) is 13.7. The zero-order valence-electron chi connectivity index (χ0n) is 11.0. The molecule has 0 fully saturated rings. The van der Waals surface area contributed by atoms with Crippen LogP contribution in [0.5, 0.6) is 5.75 Å². The molecule has 2 aromatic carbocycles. The largest absolute Gasteiger partial charge is 0.493 e. The smallest absolute Gasteiger partial charge is 0.129 e. The van der Waals surface area contributed by atoms with E-state index < -0.39 is 0 Å². The van der Waals surface area contributed by atoms with Gasteiger partial charge >= 0.3 is 0 Å². The quantitative estimate of drug-likeness (QED) is 0.719. The lowest BCUT2D eigenvalue weighted by Gasteiger charge is -2.10. The lowest BCUT2D eigenvalue weighted by molar-refractivity contribution is -0.117. The molecule has 0 saturated carbocycles. The van der Waals surface area contributed by atoms with Crippen molar-refractivity contribution < 1.29 is 9.53 Å². The number of hydrogen-bond acceptors (Lipinski definition) is 2. The van der Waals surface area contributed by atoms with Crippen LogP contribution in [0.2, 0.25) is 5.02 Å². The van der Waals surface area contributed by atoms with E-state index in [0.717, 1.165) is 34.4 Å². The van der Waals surface area contributed by atoms with Gasteiger partial charge in [-0.25, -0.2) is 0 Å². The Balaban J connectivity index is 2.01. The number of carbonyl (C=O) groups excluding carboxylic acids is 1. The van der Waals surface area contributed by atoms with E-state index in [4.69, 9.17) is 16.3 Å². The molecule has 100 valence electrons. The first kappa shape index (κ1) is 13.9. The molecule has 0 atom stereocenters. The van der Waals surface area contributed by atoms with E-state index >= 15 is 0 Å². The molecule has 0 aliphatic heterocycles. The first-order valence-corrected chi connectivity index (χ1v) is 6.86. The molecule has 0 saturated heterocycles. The number of rotatable bonds is 6. The molecule has 3 heteroatoms. The van der Waals surface area contributed by atoms with Crippen LogP contribution in [-0.2, 0) is 4.79 Å². The summed E-state index contributed by atoms with van der Waals surface area (Å²) >= 11 is 6.15. The van der Waals surface area contributed by atoms with Crippen molar-refractivity contribution in [2.24, 2.45) is 0 Å². The topological polar surface area (TPSA) is 26.3 Å². The van der Waals surface area contributed by atoms with Gasteiger partial charge < -0.3 is 9.53 Å². The van der Waals surface area contributed by atoms with Gasteiger partial charge in [0.15, 0.2) is 0 Å². The van der Waals surface area contributed by atoms with Gasteiger partial charge in [-0.05, 0) is 31.9 Å². The number of benzene rings is 2. The Morgan fingerprint density at radius 3 is 2.58 bits per heavy atom. The van der Waals surface area contributed by atoms with Crippen LogP contribution in [0, 0.1) is 0 Å². The molecule has 0 N–H and O–H groups in total. The van der Waals surface area contributed by atoms with Crippen LogP contribution in [0.4, 0.5) is 0 Å². The number of fused-ring (bicyclic) bond motifs is 1. The summed E-state index contributed by atoms with van der Waals surface area (Å²) in [6.07, 6.45) is 2.39. The molecule has 0 aliphatic carbocycles. The number of ketones is 1. The molecule has 0 aromatic heterocycles. The molecule has 0 heterocycles. The predicted octanol–water partition coefficient (Wildman–Crippen LogP) is 4.63. The summed E-state index contributed by atoms with van der Waals surface area (Å²) < 4.78 is 5.79. The minimum Gasteiger partial charge on any atom is -0.493 e. The Morgan fingerprint density at radius 2 is 1.84 bits per heavy atom. The van der Waals surface area contributed by atoms with Crippen molar-refractivity contribution in [3.63, 3.8) is 0 Å². The van der Waals surface area contributed by atoms with E-state index in [1.54, 1.807) is 6.92 Å². The number of carbonyl (C=O) groups is 1. The number of unbranched alkanes of at least 4 members (excludes halogenated alkanes) is 1. The van der Waals surface area contributed by atoms with Gasteiger partial charge in [0.05, 0.1) is 6.61 Å². The van der Waals surface area contributed by atoms with Crippen LogP contribution in [-0.4, -0.2) is 12.4 Å². The van der Waals surface area contributed by atoms with Gasteiger partial charge in [-0.15, -0.1) is 0 Å². The SMILES string of the molecule is CC(=O)CCCCOc1ccc(Cl)c2ccccc12. The molecule has 0 spiro atoms. The molecule has 2 rings (SSSR count). The van der Waals surface area contributed by atoms with E-state index in [2.05, 4.69) is 0 Å². The van der Waals surface area contributed by atoms with Crippen molar-refractivity contribution in [3.05, 3.63) is 41.4 Å². The Hall–Kier alpha value is -1.54. The molecular formula is C16H17ClO2. The molecule has 0 aliphatic rings. The van der Waals surface area contributed by atoms with Crippen LogP contribution < -0.4 is 4.74 Å². The van der Waals surface area contributed by atoms with Gasteiger partial charge in [0.25, 0.3) is 0 Å². The lowest BCUT2D eigenvalue weighted by atomic mass is 10.1. The van der Waals surface area contributed by atoms with E-state index in [0.29, 0.717) is 13.0 Å². The Bertz CT molecular complexity index is 578. The third-order valence-corrected chi connectivity index (χ3v) is 3.34. The summed E-state index contributed by atoms with van der Waals surface area (Å²) in [6.45, 7) is 2.24. The summed E-state index contributed by atoms with van der Waals surface area (Å²) in [7, 11) is 0. The van der Waals surface area contributed by atoms with E-state index in [9.17, 15) is 4.79 Å². The molecular weight excluding hydrogens is 260 g/mol. The minimum atomic E-state index is 0.233. The average molecular weight is 277 g/mol. The van der Waals surface area contributed by atoms with Gasteiger partial charge in [-0.1, -0.05) is 35.9 Å². The fourth-order valence-electron chi connectivity index (χ4n) is 2.02. The second-order valence-corrected chi connectivity index (χ2v) is 5.01. The lowest BCUT2D eigenvalue weighted by Crippen LogP contribution is -1.99. The van der Waals surface area contributed by atoms with E-state index in [1.165, 1.54) is 0 Å². The normalized spacial score (nSPS) is 10.6. The second kappa shape index (κ2) is 6.58. The highest BCUT2D eigenvalue weighted by molar-refractivity contribution is 6.35.